The number of pyridine rings is 1. The van der Waals surface area contributed by atoms with Gasteiger partial charge in [0.05, 0.1) is 0 Å². The Morgan fingerprint density at radius 1 is 1.23 bits per heavy atom. The van der Waals surface area contributed by atoms with Crippen LogP contribution in [0.2, 0.25) is 0 Å². The summed E-state index contributed by atoms with van der Waals surface area (Å²) in [6.45, 7) is 6.74. The minimum atomic E-state index is -1.01. The fourth-order valence-corrected chi connectivity index (χ4v) is 4.66. The number of benzene rings is 1. The highest BCUT2D eigenvalue weighted by Gasteiger charge is 2.28. The van der Waals surface area contributed by atoms with E-state index in [1.54, 1.807) is 6.92 Å². The van der Waals surface area contributed by atoms with E-state index in [9.17, 15) is 14.3 Å². The normalized spacial score (nSPS) is 18.8. The number of halogens is 1. The number of carboxylic acid groups (broad SMARTS) is 1. The fourth-order valence-electron chi connectivity index (χ4n) is 4.66. The van der Waals surface area contributed by atoms with E-state index in [1.807, 2.05) is 17.9 Å². The van der Waals surface area contributed by atoms with Crippen molar-refractivity contribution in [2.45, 2.75) is 58.0 Å². The minimum Gasteiger partial charge on any atom is -0.478 e. The second-order valence-electron chi connectivity index (χ2n) is 8.38. The van der Waals surface area contributed by atoms with Gasteiger partial charge in [0.15, 0.2) is 0 Å². The summed E-state index contributed by atoms with van der Waals surface area (Å²) in [5.41, 5.74) is 1.87. The molecule has 1 aromatic carbocycles. The molecule has 3 heterocycles. The molecule has 2 N–H and O–H groups in total. The molecule has 7 heteroatoms. The van der Waals surface area contributed by atoms with Crippen molar-refractivity contribution in [2.75, 3.05) is 31.2 Å². The second-order valence-corrected chi connectivity index (χ2v) is 8.38. The van der Waals surface area contributed by atoms with Gasteiger partial charge < -0.3 is 20.1 Å². The molecule has 0 spiro atoms. The predicted molar refractivity (Wildman–Crippen MR) is 115 cm³/mol. The molecule has 6 nitrogen and oxygen atoms in total. The summed E-state index contributed by atoms with van der Waals surface area (Å²) >= 11 is 0. The molecule has 2 aromatic rings. The third-order valence-corrected chi connectivity index (χ3v) is 6.45. The van der Waals surface area contributed by atoms with Gasteiger partial charge in [-0.25, -0.2) is 14.2 Å². The summed E-state index contributed by atoms with van der Waals surface area (Å²) in [4.78, 5) is 18.6. The van der Waals surface area contributed by atoms with Crippen molar-refractivity contribution in [1.29, 1.82) is 0 Å². The molecule has 2 aliphatic heterocycles. The van der Waals surface area contributed by atoms with Crippen LogP contribution < -0.4 is 10.2 Å². The number of aryl methyl sites for hydroxylation is 2. The number of nitrogens with one attached hydrogen (secondary N) is 1. The van der Waals surface area contributed by atoms with E-state index in [0.717, 1.165) is 44.5 Å². The molecule has 0 aliphatic carbocycles. The van der Waals surface area contributed by atoms with E-state index in [0.29, 0.717) is 48.4 Å². The molecule has 0 radical (unpaired) electrons. The summed E-state index contributed by atoms with van der Waals surface area (Å²) in [6.07, 6.45) is 4.57. The summed E-state index contributed by atoms with van der Waals surface area (Å²) in [5.74, 6) is -1.01. The van der Waals surface area contributed by atoms with Crippen LogP contribution in [0.25, 0.3) is 10.9 Å². The summed E-state index contributed by atoms with van der Waals surface area (Å²) in [7, 11) is 0. The van der Waals surface area contributed by atoms with Crippen LogP contribution in [0.3, 0.4) is 0 Å². The van der Waals surface area contributed by atoms with Crippen LogP contribution in [0.5, 0.6) is 0 Å². The number of rotatable bonds is 5. The maximum absolute atomic E-state index is 14.8. The van der Waals surface area contributed by atoms with Crippen molar-refractivity contribution in [1.82, 2.24) is 10.3 Å². The van der Waals surface area contributed by atoms with Gasteiger partial charge in [0.2, 0.25) is 0 Å². The van der Waals surface area contributed by atoms with Crippen LogP contribution in [-0.2, 0) is 11.2 Å². The maximum atomic E-state index is 14.8. The topological polar surface area (TPSA) is 74.7 Å². The Morgan fingerprint density at radius 2 is 1.90 bits per heavy atom. The van der Waals surface area contributed by atoms with Crippen LogP contribution in [0, 0.1) is 12.7 Å². The van der Waals surface area contributed by atoms with Crippen molar-refractivity contribution in [3.8, 4) is 0 Å². The van der Waals surface area contributed by atoms with Crippen molar-refractivity contribution in [3.05, 3.63) is 34.6 Å². The number of ether oxygens (including phenoxy) is 1. The highest BCUT2D eigenvalue weighted by Crippen LogP contribution is 2.32. The molecule has 0 atom stereocenters. The van der Waals surface area contributed by atoms with Crippen LogP contribution in [0.4, 0.5) is 10.2 Å². The third kappa shape index (κ3) is 4.14. The molecular weight excluding hydrogens is 385 g/mol. The first-order chi connectivity index (χ1) is 14.5. The van der Waals surface area contributed by atoms with E-state index in [-0.39, 0.29) is 16.9 Å². The van der Waals surface area contributed by atoms with Crippen LogP contribution >= 0.6 is 0 Å². The van der Waals surface area contributed by atoms with Crippen molar-refractivity contribution in [2.24, 2.45) is 0 Å². The molecular formula is C23H30FN3O3. The number of hydrogen-bond donors (Lipinski definition) is 2. The van der Waals surface area contributed by atoms with E-state index in [2.05, 4.69) is 10.3 Å². The maximum Gasteiger partial charge on any atom is 0.339 e. The quantitative estimate of drug-likeness (QED) is 0.776. The summed E-state index contributed by atoms with van der Waals surface area (Å²) in [5, 5.41) is 14.2. The predicted octanol–water partition coefficient (Wildman–Crippen LogP) is 3.68. The van der Waals surface area contributed by atoms with Gasteiger partial charge in [-0.1, -0.05) is 6.92 Å². The van der Waals surface area contributed by atoms with Crippen LogP contribution in [0.15, 0.2) is 12.1 Å². The molecule has 1 aromatic heterocycles. The van der Waals surface area contributed by atoms with Crippen molar-refractivity contribution in [3.63, 3.8) is 0 Å². The number of carbonyl (C=O) groups is 1. The first-order valence-corrected chi connectivity index (χ1v) is 10.9. The SMILES string of the molecule is CCc1cc(F)c2nc(N3CCC(NC4CCOCC4)CC3)c(C(=O)O)c(C)c2c1. The number of piperidine rings is 1. The van der Waals surface area contributed by atoms with Crippen molar-refractivity contribution < 1.29 is 19.0 Å². The van der Waals surface area contributed by atoms with E-state index < -0.39 is 5.97 Å². The molecule has 2 aliphatic rings. The number of anilines is 1. The zero-order valence-electron chi connectivity index (χ0n) is 17.7. The lowest BCUT2D eigenvalue weighted by Gasteiger charge is -2.36. The monoisotopic (exact) mass is 415 g/mol. The van der Waals surface area contributed by atoms with E-state index in [4.69, 9.17) is 4.74 Å². The summed E-state index contributed by atoms with van der Waals surface area (Å²) in [6, 6.07) is 4.26. The van der Waals surface area contributed by atoms with Gasteiger partial charge in [-0.3, -0.25) is 0 Å². The number of carboxylic acids is 1. The first-order valence-electron chi connectivity index (χ1n) is 10.9. The van der Waals surface area contributed by atoms with Crippen LogP contribution in [-0.4, -0.2) is 54.4 Å². The molecule has 0 amide bonds. The number of hydrogen-bond acceptors (Lipinski definition) is 5. The van der Waals surface area contributed by atoms with Gasteiger partial charge >= 0.3 is 5.97 Å². The Kier molecular flexibility index (Phi) is 6.20. The zero-order chi connectivity index (χ0) is 21.3. The highest BCUT2D eigenvalue weighted by molar-refractivity contribution is 6.01. The Morgan fingerprint density at radius 3 is 2.53 bits per heavy atom. The largest absolute Gasteiger partial charge is 0.478 e. The Labute approximate surface area is 176 Å². The van der Waals surface area contributed by atoms with Crippen molar-refractivity contribution >= 4 is 22.7 Å². The van der Waals surface area contributed by atoms with Gasteiger partial charge in [-0.15, -0.1) is 0 Å². The summed E-state index contributed by atoms with van der Waals surface area (Å²) < 4.78 is 20.2. The van der Waals surface area contributed by atoms with E-state index in [1.165, 1.54) is 6.07 Å². The van der Waals surface area contributed by atoms with Gasteiger partial charge in [-0.2, -0.15) is 0 Å². The average molecular weight is 416 g/mol. The molecule has 2 saturated heterocycles. The molecule has 0 saturated carbocycles. The standard InChI is InChI=1S/C23H30FN3O3/c1-3-15-12-18-14(2)20(23(28)29)22(26-21(18)19(24)13-15)27-8-4-16(5-9-27)25-17-6-10-30-11-7-17/h12-13,16-17,25H,3-11H2,1-2H3,(H,28,29). The third-order valence-electron chi connectivity index (χ3n) is 6.45. The number of nitrogens with zero attached hydrogens (tertiary/aromatic N) is 2. The number of fused-ring (bicyclic) bond motifs is 1. The fraction of sp³-hybridized carbons (Fsp3) is 0.565. The smallest absolute Gasteiger partial charge is 0.339 e. The molecule has 4 rings (SSSR count). The lowest BCUT2D eigenvalue weighted by Crippen LogP contribution is -2.48. The molecule has 30 heavy (non-hydrogen) atoms. The van der Waals surface area contributed by atoms with Gasteiger partial charge in [0.1, 0.15) is 22.7 Å². The molecule has 162 valence electrons. The van der Waals surface area contributed by atoms with Gasteiger partial charge in [0, 0.05) is 43.8 Å². The van der Waals surface area contributed by atoms with Gasteiger partial charge in [0.25, 0.3) is 0 Å². The number of aromatic carboxylic acids is 1. The van der Waals surface area contributed by atoms with E-state index >= 15 is 0 Å². The zero-order valence-corrected chi connectivity index (χ0v) is 17.7. The minimum absolute atomic E-state index is 0.186. The Hall–Kier alpha value is -2.25. The molecule has 2 fully saturated rings. The Balaban J connectivity index is 1.60. The lowest BCUT2D eigenvalue weighted by molar-refractivity contribution is 0.0696. The van der Waals surface area contributed by atoms with Crippen LogP contribution in [0.1, 0.15) is 54.1 Å². The highest BCUT2D eigenvalue weighted by atomic mass is 19.1. The lowest BCUT2D eigenvalue weighted by atomic mass is 9.98. The molecule has 0 bridgehead atoms. The molecule has 0 unspecified atom stereocenters. The Bertz CT molecular complexity index is 935. The average Bonchev–Trinajstić information content (AvgIpc) is 2.75. The first kappa shape index (κ1) is 21.0. The van der Waals surface area contributed by atoms with Gasteiger partial charge in [-0.05, 0) is 62.3 Å². The second kappa shape index (κ2) is 8.86. The number of aromatic nitrogens is 1.